The molecule has 0 bridgehead atoms. The van der Waals surface area contributed by atoms with Crippen molar-refractivity contribution in [3.05, 3.63) is 72.4 Å². The first-order valence-electron chi connectivity index (χ1n) is 8.08. The molecule has 0 aliphatic heterocycles. The van der Waals surface area contributed by atoms with Crippen molar-refractivity contribution in [1.29, 1.82) is 0 Å². The molecular weight excluding hydrogens is 333 g/mol. The number of anilines is 1. The molecule has 4 rings (SSSR count). The van der Waals surface area contributed by atoms with E-state index in [1.54, 1.807) is 23.0 Å². The lowest BCUT2D eigenvalue weighted by atomic mass is 10.2. The van der Waals surface area contributed by atoms with Crippen LogP contribution in [0.5, 0.6) is 11.5 Å². The Balaban J connectivity index is 1.57. The molecule has 0 saturated carbocycles. The number of nitrogens with one attached hydrogen (secondary N) is 1. The van der Waals surface area contributed by atoms with E-state index < -0.39 is 0 Å². The van der Waals surface area contributed by atoms with Gasteiger partial charge in [0.05, 0.1) is 11.6 Å². The van der Waals surface area contributed by atoms with Gasteiger partial charge in [0.15, 0.2) is 5.65 Å². The molecule has 0 atom stereocenters. The van der Waals surface area contributed by atoms with Gasteiger partial charge in [-0.25, -0.2) is 14.4 Å². The number of ether oxygens (including phenoxy) is 1. The largest absolute Gasteiger partial charge is 0.457 e. The van der Waals surface area contributed by atoms with Crippen LogP contribution in [0.25, 0.3) is 11.0 Å². The van der Waals surface area contributed by atoms with E-state index in [-0.39, 0.29) is 5.82 Å². The first kappa shape index (κ1) is 16.0. The van der Waals surface area contributed by atoms with Crippen molar-refractivity contribution in [2.75, 3.05) is 5.32 Å². The van der Waals surface area contributed by atoms with Crippen molar-refractivity contribution in [2.24, 2.45) is 7.05 Å². The summed E-state index contributed by atoms with van der Waals surface area (Å²) in [5.41, 5.74) is 1.68. The molecule has 0 saturated heterocycles. The minimum absolute atomic E-state index is 0.335. The van der Waals surface area contributed by atoms with Gasteiger partial charge in [0, 0.05) is 25.2 Å². The Morgan fingerprint density at radius 2 is 2.00 bits per heavy atom. The van der Waals surface area contributed by atoms with Gasteiger partial charge < -0.3 is 10.1 Å². The molecule has 0 radical (unpaired) electrons. The summed E-state index contributed by atoms with van der Waals surface area (Å²) in [5, 5.41) is 8.35. The molecule has 0 amide bonds. The summed E-state index contributed by atoms with van der Waals surface area (Å²) in [6.07, 6.45) is 3.23. The van der Waals surface area contributed by atoms with Gasteiger partial charge in [-0.05, 0) is 18.2 Å². The molecule has 0 aliphatic rings. The number of hydrogen-bond donors (Lipinski definition) is 1. The summed E-state index contributed by atoms with van der Waals surface area (Å²) in [5.74, 6) is 1.47. The number of nitrogens with zero attached hydrogens (tertiary/aromatic N) is 4. The molecule has 0 unspecified atom stereocenters. The number of para-hydroxylation sites is 1. The smallest absolute Gasteiger partial charge is 0.163 e. The molecule has 0 aliphatic carbocycles. The molecule has 1 N–H and O–H groups in total. The lowest BCUT2D eigenvalue weighted by molar-refractivity contribution is 0.471. The van der Waals surface area contributed by atoms with Crippen LogP contribution < -0.4 is 10.1 Å². The van der Waals surface area contributed by atoms with Gasteiger partial charge in [-0.3, -0.25) is 4.68 Å². The van der Waals surface area contributed by atoms with Crippen LogP contribution in [0.1, 0.15) is 5.56 Å². The first-order valence-corrected chi connectivity index (χ1v) is 8.08. The molecule has 6 nitrogen and oxygen atoms in total. The van der Waals surface area contributed by atoms with Crippen LogP contribution in [0, 0.1) is 5.82 Å². The highest BCUT2D eigenvalue weighted by molar-refractivity contribution is 5.85. The molecule has 2 aromatic carbocycles. The van der Waals surface area contributed by atoms with Crippen LogP contribution in [0.4, 0.5) is 10.2 Å². The zero-order valence-electron chi connectivity index (χ0n) is 14.1. The Morgan fingerprint density at radius 1 is 1.12 bits per heavy atom. The van der Waals surface area contributed by atoms with Crippen LogP contribution in [0.15, 0.2) is 61.1 Å². The average Bonchev–Trinajstić information content (AvgIpc) is 3.03. The van der Waals surface area contributed by atoms with Crippen molar-refractivity contribution < 1.29 is 9.13 Å². The third-order valence-electron chi connectivity index (χ3n) is 3.97. The van der Waals surface area contributed by atoms with Gasteiger partial charge in [-0.2, -0.15) is 5.10 Å². The molecule has 0 spiro atoms. The second-order valence-electron chi connectivity index (χ2n) is 5.75. The van der Waals surface area contributed by atoms with E-state index in [4.69, 9.17) is 4.74 Å². The summed E-state index contributed by atoms with van der Waals surface area (Å²) in [6.45, 7) is 0.493. The van der Waals surface area contributed by atoms with Gasteiger partial charge in [0.2, 0.25) is 0 Å². The Labute approximate surface area is 149 Å². The van der Waals surface area contributed by atoms with E-state index in [0.29, 0.717) is 23.9 Å². The van der Waals surface area contributed by atoms with Crippen LogP contribution in [0.3, 0.4) is 0 Å². The van der Waals surface area contributed by atoms with Gasteiger partial charge in [0.25, 0.3) is 0 Å². The van der Waals surface area contributed by atoms with Crippen LogP contribution >= 0.6 is 0 Å². The van der Waals surface area contributed by atoms with Crippen LogP contribution in [-0.2, 0) is 13.6 Å². The summed E-state index contributed by atoms with van der Waals surface area (Å²) < 4.78 is 20.9. The van der Waals surface area contributed by atoms with Crippen LogP contribution in [0.2, 0.25) is 0 Å². The fraction of sp³-hybridized carbons (Fsp3) is 0.105. The van der Waals surface area contributed by atoms with E-state index in [1.165, 1.54) is 18.5 Å². The normalized spacial score (nSPS) is 10.8. The van der Waals surface area contributed by atoms with Crippen molar-refractivity contribution in [3.63, 3.8) is 0 Å². The topological polar surface area (TPSA) is 64.9 Å². The fourth-order valence-corrected chi connectivity index (χ4v) is 2.69. The second-order valence-corrected chi connectivity index (χ2v) is 5.75. The van der Waals surface area contributed by atoms with Gasteiger partial charge in [0.1, 0.15) is 29.5 Å². The molecule has 26 heavy (non-hydrogen) atoms. The lowest BCUT2D eigenvalue weighted by Crippen LogP contribution is -2.04. The van der Waals surface area contributed by atoms with Gasteiger partial charge in [-0.1, -0.05) is 24.3 Å². The third kappa shape index (κ3) is 3.19. The highest BCUT2D eigenvalue weighted by atomic mass is 19.1. The minimum atomic E-state index is -0.335. The first-order chi connectivity index (χ1) is 12.7. The third-order valence-corrected chi connectivity index (χ3v) is 3.97. The maximum Gasteiger partial charge on any atom is 0.163 e. The summed E-state index contributed by atoms with van der Waals surface area (Å²) in [7, 11) is 1.83. The predicted molar refractivity (Wildman–Crippen MR) is 96.5 cm³/mol. The van der Waals surface area contributed by atoms with E-state index in [9.17, 15) is 4.39 Å². The molecule has 2 aromatic heterocycles. The minimum Gasteiger partial charge on any atom is -0.457 e. The monoisotopic (exact) mass is 349 g/mol. The summed E-state index contributed by atoms with van der Waals surface area (Å²) in [4.78, 5) is 8.52. The maximum absolute atomic E-state index is 13.4. The van der Waals surface area contributed by atoms with Crippen LogP contribution in [-0.4, -0.2) is 19.7 Å². The molecule has 0 fully saturated rings. The highest BCUT2D eigenvalue weighted by Gasteiger charge is 2.09. The SMILES string of the molecule is Cn1ncc2c(NCc3ccccc3Oc3cccc(F)c3)ncnc21. The zero-order chi connectivity index (χ0) is 17.9. The lowest BCUT2D eigenvalue weighted by Gasteiger charge is -2.12. The Kier molecular flexibility index (Phi) is 4.18. The fourth-order valence-electron chi connectivity index (χ4n) is 2.69. The van der Waals surface area contributed by atoms with Crippen molar-refractivity contribution in [3.8, 4) is 11.5 Å². The van der Waals surface area contributed by atoms with Gasteiger partial charge >= 0.3 is 0 Å². The number of hydrogen-bond acceptors (Lipinski definition) is 5. The van der Waals surface area contributed by atoms with Gasteiger partial charge in [-0.15, -0.1) is 0 Å². The van der Waals surface area contributed by atoms with Crippen molar-refractivity contribution >= 4 is 16.9 Å². The second kappa shape index (κ2) is 6.79. The van der Waals surface area contributed by atoms with E-state index >= 15 is 0 Å². The average molecular weight is 349 g/mol. The highest BCUT2D eigenvalue weighted by Crippen LogP contribution is 2.27. The number of aryl methyl sites for hydroxylation is 1. The van der Waals surface area contributed by atoms with Crippen molar-refractivity contribution in [1.82, 2.24) is 19.7 Å². The number of halogens is 1. The van der Waals surface area contributed by atoms with Crippen molar-refractivity contribution in [2.45, 2.75) is 6.54 Å². The quantitative estimate of drug-likeness (QED) is 0.592. The number of fused-ring (bicyclic) bond motifs is 1. The molecule has 130 valence electrons. The Bertz CT molecular complexity index is 1060. The molecule has 4 aromatic rings. The standard InChI is InChI=1S/C19H16FN5O/c1-25-19-16(11-24-25)18(22-12-23-19)21-10-13-5-2-3-8-17(13)26-15-7-4-6-14(20)9-15/h2-9,11-12H,10H2,1H3,(H,21,22,23). The molecule has 7 heteroatoms. The number of aromatic nitrogens is 4. The maximum atomic E-state index is 13.4. The van der Waals surface area contributed by atoms with E-state index in [0.717, 1.165) is 16.6 Å². The number of rotatable bonds is 5. The predicted octanol–water partition coefficient (Wildman–Crippen LogP) is 3.91. The molecular formula is C19H16FN5O. The Morgan fingerprint density at radius 3 is 2.88 bits per heavy atom. The molecule has 2 heterocycles. The van der Waals surface area contributed by atoms with E-state index in [2.05, 4.69) is 20.4 Å². The zero-order valence-corrected chi connectivity index (χ0v) is 14.1. The summed E-state index contributed by atoms with van der Waals surface area (Å²) >= 11 is 0. The Hall–Kier alpha value is -3.48. The van der Waals surface area contributed by atoms with E-state index in [1.807, 2.05) is 31.3 Å². The number of benzene rings is 2. The summed E-state index contributed by atoms with van der Waals surface area (Å²) in [6, 6.07) is 13.7.